The Morgan fingerprint density at radius 2 is 1.94 bits per heavy atom. The van der Waals surface area contributed by atoms with Crippen LogP contribution in [0.1, 0.15) is 50.3 Å². The fourth-order valence-electron chi connectivity index (χ4n) is 4.30. The summed E-state index contributed by atoms with van der Waals surface area (Å²) < 4.78 is 25.7. The molecular formula is C25H27FN2O3S. The number of ketones is 1. The predicted molar refractivity (Wildman–Crippen MR) is 125 cm³/mol. The average Bonchev–Trinajstić information content (AvgIpc) is 2.79. The van der Waals surface area contributed by atoms with Gasteiger partial charge in [0.15, 0.2) is 22.4 Å². The lowest BCUT2D eigenvalue weighted by Gasteiger charge is -2.40. The molecule has 1 N–H and O–H groups in total. The highest BCUT2D eigenvalue weighted by atomic mass is 32.1. The Balaban J connectivity index is 1.66. The normalized spacial score (nSPS) is 18.3. The van der Waals surface area contributed by atoms with Gasteiger partial charge in [-0.2, -0.15) is 0 Å². The van der Waals surface area contributed by atoms with E-state index in [1.807, 2.05) is 36.9 Å². The van der Waals surface area contributed by atoms with Crippen molar-refractivity contribution in [2.24, 2.45) is 0 Å². The van der Waals surface area contributed by atoms with Gasteiger partial charge in [-0.3, -0.25) is 4.79 Å². The van der Waals surface area contributed by atoms with Gasteiger partial charge in [0.1, 0.15) is 12.4 Å². The van der Waals surface area contributed by atoms with Crippen LogP contribution in [0.5, 0.6) is 11.5 Å². The second-order valence-corrected chi connectivity index (χ2v) is 8.17. The maximum atomic E-state index is 14.0. The molecule has 2 aromatic rings. The lowest BCUT2D eigenvalue weighted by Crippen LogP contribution is -2.49. The molecule has 0 radical (unpaired) electrons. The first-order chi connectivity index (χ1) is 15.5. The standard InChI is InChI=1S/C25H27FN2O3S/c1-3-28-19-10-7-11-20(29)23(19)24(27-25(28)32)16-12-13-21(22(14-16)30-4-2)31-15-17-8-5-6-9-18(17)26/h5-6,8-9,12-14,24H,3-4,7,10-11,15H2,1-2H3,(H,27,32). The summed E-state index contributed by atoms with van der Waals surface area (Å²) in [4.78, 5) is 14.9. The van der Waals surface area contributed by atoms with Crippen LogP contribution in [0.15, 0.2) is 53.7 Å². The van der Waals surface area contributed by atoms with Gasteiger partial charge < -0.3 is 19.7 Å². The summed E-state index contributed by atoms with van der Waals surface area (Å²) in [6.45, 7) is 5.19. The number of benzene rings is 2. The fraction of sp³-hybridized carbons (Fsp3) is 0.360. The van der Waals surface area contributed by atoms with Crippen molar-refractivity contribution in [3.8, 4) is 11.5 Å². The van der Waals surface area contributed by atoms with Crippen LogP contribution in [-0.2, 0) is 11.4 Å². The molecule has 1 unspecified atom stereocenters. The van der Waals surface area contributed by atoms with Gasteiger partial charge in [0, 0.05) is 29.8 Å². The molecule has 0 spiro atoms. The van der Waals surface area contributed by atoms with E-state index in [0.29, 0.717) is 35.2 Å². The topological polar surface area (TPSA) is 50.8 Å². The van der Waals surface area contributed by atoms with Gasteiger partial charge in [-0.15, -0.1) is 0 Å². The molecule has 4 rings (SSSR count). The number of thiocarbonyl (C=S) groups is 1. The molecule has 1 atom stereocenters. The maximum Gasteiger partial charge on any atom is 0.173 e. The van der Waals surface area contributed by atoms with Crippen molar-refractivity contribution >= 4 is 23.1 Å². The van der Waals surface area contributed by atoms with E-state index >= 15 is 0 Å². The third-order valence-corrected chi connectivity index (χ3v) is 6.15. The first-order valence-electron chi connectivity index (χ1n) is 11.0. The minimum absolute atomic E-state index is 0.0944. The van der Waals surface area contributed by atoms with Crippen LogP contribution in [0.2, 0.25) is 0 Å². The van der Waals surface area contributed by atoms with Crippen LogP contribution in [-0.4, -0.2) is 28.9 Å². The second-order valence-electron chi connectivity index (χ2n) is 7.78. The summed E-state index contributed by atoms with van der Waals surface area (Å²) in [5.74, 6) is 0.925. The molecule has 1 aliphatic heterocycles. The van der Waals surface area contributed by atoms with Crippen LogP contribution in [0.4, 0.5) is 4.39 Å². The number of nitrogens with one attached hydrogen (secondary N) is 1. The largest absolute Gasteiger partial charge is 0.490 e. The van der Waals surface area contributed by atoms with E-state index < -0.39 is 0 Å². The molecule has 0 saturated heterocycles. The van der Waals surface area contributed by atoms with Crippen molar-refractivity contribution < 1.29 is 18.7 Å². The molecule has 0 fully saturated rings. The van der Waals surface area contributed by atoms with Crippen LogP contribution >= 0.6 is 12.2 Å². The van der Waals surface area contributed by atoms with E-state index in [9.17, 15) is 9.18 Å². The Bertz CT molecular complexity index is 1070. The van der Waals surface area contributed by atoms with E-state index in [4.69, 9.17) is 21.7 Å². The number of halogens is 1. The van der Waals surface area contributed by atoms with Gasteiger partial charge in [-0.25, -0.2) is 4.39 Å². The summed E-state index contributed by atoms with van der Waals surface area (Å²) >= 11 is 5.61. The molecule has 5 nitrogen and oxygen atoms in total. The average molecular weight is 455 g/mol. The Kier molecular flexibility index (Phi) is 6.74. The molecule has 168 valence electrons. The summed E-state index contributed by atoms with van der Waals surface area (Å²) in [5.41, 5.74) is 3.16. The first kappa shape index (κ1) is 22.3. The Morgan fingerprint density at radius 1 is 1.12 bits per heavy atom. The van der Waals surface area contributed by atoms with Crippen molar-refractivity contribution in [2.45, 2.75) is 45.8 Å². The lowest BCUT2D eigenvalue weighted by molar-refractivity contribution is -0.116. The Hall–Kier alpha value is -2.93. The van der Waals surface area contributed by atoms with Gasteiger partial charge in [-0.1, -0.05) is 24.3 Å². The van der Waals surface area contributed by atoms with Crippen molar-refractivity contribution in [3.63, 3.8) is 0 Å². The molecule has 0 bridgehead atoms. The van der Waals surface area contributed by atoms with E-state index in [1.54, 1.807) is 18.2 Å². The maximum absolute atomic E-state index is 14.0. The zero-order valence-electron chi connectivity index (χ0n) is 18.3. The first-order valence-corrected chi connectivity index (χ1v) is 11.4. The van der Waals surface area contributed by atoms with Gasteiger partial charge >= 0.3 is 0 Å². The molecule has 0 saturated carbocycles. The summed E-state index contributed by atoms with van der Waals surface area (Å²) in [6.07, 6.45) is 2.23. The highest BCUT2D eigenvalue weighted by molar-refractivity contribution is 7.80. The molecule has 1 aliphatic carbocycles. The minimum Gasteiger partial charge on any atom is -0.490 e. The van der Waals surface area contributed by atoms with Gasteiger partial charge in [0.25, 0.3) is 0 Å². The molecule has 7 heteroatoms. The Labute approximate surface area is 193 Å². The molecular weight excluding hydrogens is 427 g/mol. The molecule has 0 aromatic heterocycles. The van der Waals surface area contributed by atoms with Gasteiger partial charge in [0.05, 0.1) is 12.6 Å². The summed E-state index contributed by atoms with van der Waals surface area (Å²) in [5, 5.41) is 3.98. The monoisotopic (exact) mass is 454 g/mol. The van der Waals surface area contributed by atoms with E-state index in [-0.39, 0.29) is 24.2 Å². The zero-order chi connectivity index (χ0) is 22.7. The number of Topliss-reactive ketones (excluding diaryl/α,β-unsaturated/α-hetero) is 1. The smallest absolute Gasteiger partial charge is 0.173 e. The lowest BCUT2D eigenvalue weighted by atomic mass is 9.84. The molecule has 0 amide bonds. The highest BCUT2D eigenvalue weighted by Gasteiger charge is 2.36. The van der Waals surface area contributed by atoms with Crippen LogP contribution in [0, 0.1) is 5.82 Å². The van der Waals surface area contributed by atoms with Gasteiger partial charge in [0.2, 0.25) is 0 Å². The van der Waals surface area contributed by atoms with Gasteiger partial charge in [-0.05, 0) is 62.7 Å². The summed E-state index contributed by atoms with van der Waals surface area (Å²) in [6, 6.07) is 11.8. The number of hydrogen-bond acceptors (Lipinski definition) is 4. The van der Waals surface area contributed by atoms with Crippen molar-refractivity contribution in [1.29, 1.82) is 0 Å². The van der Waals surface area contributed by atoms with Crippen molar-refractivity contribution in [1.82, 2.24) is 10.2 Å². The van der Waals surface area contributed by atoms with Crippen molar-refractivity contribution in [3.05, 3.63) is 70.7 Å². The van der Waals surface area contributed by atoms with E-state index in [0.717, 1.165) is 36.2 Å². The zero-order valence-corrected chi connectivity index (χ0v) is 19.1. The van der Waals surface area contributed by atoms with Crippen LogP contribution in [0.3, 0.4) is 0 Å². The van der Waals surface area contributed by atoms with Crippen LogP contribution < -0.4 is 14.8 Å². The van der Waals surface area contributed by atoms with E-state index in [1.165, 1.54) is 6.07 Å². The molecule has 2 aliphatic rings. The third-order valence-electron chi connectivity index (χ3n) is 5.81. The molecule has 32 heavy (non-hydrogen) atoms. The second kappa shape index (κ2) is 9.69. The van der Waals surface area contributed by atoms with Crippen LogP contribution in [0.25, 0.3) is 0 Å². The quantitative estimate of drug-likeness (QED) is 0.590. The highest BCUT2D eigenvalue weighted by Crippen LogP contribution is 2.40. The SMILES string of the molecule is CCOc1cc(C2NC(=S)N(CC)C3=C2C(=O)CCC3)ccc1OCc1ccccc1F. The number of allylic oxidation sites excluding steroid dienone is 1. The predicted octanol–water partition coefficient (Wildman–Crippen LogP) is 5.06. The minimum atomic E-state index is -0.326. The number of nitrogens with zero attached hydrogens (tertiary/aromatic N) is 1. The van der Waals surface area contributed by atoms with Crippen molar-refractivity contribution in [2.75, 3.05) is 13.2 Å². The number of carbonyl (C=O) groups is 1. The molecule has 2 aromatic carbocycles. The number of carbonyl (C=O) groups excluding carboxylic acids is 1. The number of ether oxygens (including phenoxy) is 2. The van der Waals surface area contributed by atoms with E-state index in [2.05, 4.69) is 5.32 Å². The number of rotatable bonds is 7. The third kappa shape index (κ3) is 4.35. The fourth-order valence-corrected chi connectivity index (χ4v) is 4.66. The molecule has 1 heterocycles. The summed E-state index contributed by atoms with van der Waals surface area (Å²) in [7, 11) is 0. The number of hydrogen-bond donors (Lipinski definition) is 1. The Morgan fingerprint density at radius 3 is 2.69 bits per heavy atom.